The minimum atomic E-state index is -0.508. The molecule has 0 bridgehead atoms. The number of rotatable bonds is 3. The van der Waals surface area contributed by atoms with Crippen molar-refractivity contribution in [2.24, 2.45) is 11.5 Å². The van der Waals surface area contributed by atoms with E-state index in [4.69, 9.17) is 34.7 Å². The Hall–Kier alpha value is -0.0600. The van der Waals surface area contributed by atoms with Crippen molar-refractivity contribution in [1.29, 1.82) is 0 Å². The molecular weight excluding hydrogens is 261 g/mol. The van der Waals surface area contributed by atoms with Crippen LogP contribution in [0.5, 0.6) is 0 Å². The van der Waals surface area contributed by atoms with E-state index in [1.54, 1.807) is 0 Å². The van der Waals surface area contributed by atoms with Crippen molar-refractivity contribution >= 4 is 35.6 Å². The van der Waals surface area contributed by atoms with Crippen molar-refractivity contribution < 1.29 is 4.39 Å². The Labute approximate surface area is 104 Å². The SMILES string of the molecule is Cl.NCC[C@@H](N)c1c(F)ccc(Cl)c1Cl. The van der Waals surface area contributed by atoms with E-state index < -0.39 is 11.9 Å². The van der Waals surface area contributed by atoms with Gasteiger partial charge in [-0.2, -0.15) is 0 Å². The van der Waals surface area contributed by atoms with E-state index in [1.807, 2.05) is 0 Å². The molecule has 0 fully saturated rings. The third kappa shape index (κ3) is 3.47. The van der Waals surface area contributed by atoms with E-state index in [2.05, 4.69) is 0 Å². The van der Waals surface area contributed by atoms with E-state index >= 15 is 0 Å². The van der Waals surface area contributed by atoms with Gasteiger partial charge in [0.15, 0.2) is 0 Å². The fourth-order valence-corrected chi connectivity index (χ4v) is 1.66. The molecule has 0 spiro atoms. The maximum Gasteiger partial charge on any atom is 0.129 e. The Balaban J connectivity index is 0.00000196. The van der Waals surface area contributed by atoms with Crippen LogP contribution < -0.4 is 11.5 Å². The molecule has 0 heterocycles. The van der Waals surface area contributed by atoms with Crippen LogP contribution in [0.25, 0.3) is 0 Å². The molecule has 0 aromatic heterocycles. The molecule has 4 N–H and O–H groups in total. The van der Waals surface area contributed by atoms with Gasteiger partial charge in [0, 0.05) is 11.6 Å². The summed E-state index contributed by atoms with van der Waals surface area (Å²) >= 11 is 11.6. The van der Waals surface area contributed by atoms with Gasteiger partial charge in [0.25, 0.3) is 0 Å². The van der Waals surface area contributed by atoms with Crippen LogP contribution in [0.3, 0.4) is 0 Å². The first kappa shape index (κ1) is 14.9. The highest BCUT2D eigenvalue weighted by Crippen LogP contribution is 2.32. The molecule has 1 atom stereocenters. The number of nitrogens with two attached hydrogens (primary N) is 2. The Kier molecular flexibility index (Phi) is 6.48. The Morgan fingerprint density at radius 2 is 1.93 bits per heavy atom. The lowest BCUT2D eigenvalue weighted by Gasteiger charge is -2.14. The molecule has 0 aliphatic carbocycles. The largest absolute Gasteiger partial charge is 0.330 e. The molecule has 1 aromatic carbocycles. The number of hydrogen-bond donors (Lipinski definition) is 2. The van der Waals surface area contributed by atoms with E-state index in [9.17, 15) is 4.39 Å². The van der Waals surface area contributed by atoms with Crippen molar-refractivity contribution in [3.8, 4) is 0 Å². The highest BCUT2D eigenvalue weighted by molar-refractivity contribution is 6.42. The van der Waals surface area contributed by atoms with Crippen LogP contribution in [0.1, 0.15) is 18.0 Å². The van der Waals surface area contributed by atoms with Crippen LogP contribution in [-0.2, 0) is 0 Å². The van der Waals surface area contributed by atoms with Gasteiger partial charge in [-0.15, -0.1) is 12.4 Å². The summed E-state index contributed by atoms with van der Waals surface area (Å²) in [7, 11) is 0. The van der Waals surface area contributed by atoms with Crippen LogP contribution in [0, 0.1) is 5.82 Å². The van der Waals surface area contributed by atoms with Gasteiger partial charge in [-0.25, -0.2) is 4.39 Å². The molecule has 0 unspecified atom stereocenters. The zero-order chi connectivity index (χ0) is 10.7. The molecule has 1 aromatic rings. The van der Waals surface area contributed by atoms with Gasteiger partial charge in [-0.05, 0) is 25.1 Å². The Morgan fingerprint density at radius 3 is 2.47 bits per heavy atom. The summed E-state index contributed by atoms with van der Waals surface area (Å²) in [5.41, 5.74) is 11.3. The number of halogens is 4. The monoisotopic (exact) mass is 272 g/mol. The van der Waals surface area contributed by atoms with E-state index in [1.165, 1.54) is 12.1 Å². The summed E-state index contributed by atoms with van der Waals surface area (Å²) in [5, 5.41) is 0.475. The predicted octanol–water partition coefficient (Wildman–Crippen LogP) is 2.90. The predicted molar refractivity (Wildman–Crippen MR) is 64.3 cm³/mol. The van der Waals surface area contributed by atoms with Gasteiger partial charge in [0.05, 0.1) is 10.0 Å². The summed E-state index contributed by atoms with van der Waals surface area (Å²) in [6, 6.07) is 2.14. The molecule has 1 rings (SSSR count). The second-order valence-electron chi connectivity index (χ2n) is 2.94. The zero-order valence-corrected chi connectivity index (χ0v) is 10.2. The first-order valence-corrected chi connectivity index (χ1v) is 4.92. The van der Waals surface area contributed by atoms with Gasteiger partial charge in [-0.3, -0.25) is 0 Å². The summed E-state index contributed by atoms with van der Waals surface area (Å²) in [4.78, 5) is 0. The van der Waals surface area contributed by atoms with E-state index in [0.717, 1.165) is 0 Å². The van der Waals surface area contributed by atoms with Gasteiger partial charge >= 0.3 is 0 Å². The lowest BCUT2D eigenvalue weighted by Crippen LogP contribution is -2.17. The van der Waals surface area contributed by atoms with Crippen molar-refractivity contribution in [2.45, 2.75) is 12.5 Å². The van der Waals surface area contributed by atoms with Crippen molar-refractivity contribution in [3.63, 3.8) is 0 Å². The summed E-state index contributed by atoms with van der Waals surface area (Å²) in [6.45, 7) is 0.378. The topological polar surface area (TPSA) is 52.0 Å². The number of hydrogen-bond acceptors (Lipinski definition) is 2. The molecule has 0 saturated carbocycles. The minimum Gasteiger partial charge on any atom is -0.330 e. The highest BCUT2D eigenvalue weighted by atomic mass is 35.5. The van der Waals surface area contributed by atoms with Crippen LogP contribution in [0.2, 0.25) is 10.0 Å². The Bertz CT molecular complexity index is 333. The fourth-order valence-electron chi connectivity index (χ4n) is 1.21. The normalized spacial score (nSPS) is 12.1. The fraction of sp³-hybridized carbons (Fsp3) is 0.333. The quantitative estimate of drug-likeness (QED) is 0.832. The maximum absolute atomic E-state index is 13.3. The van der Waals surface area contributed by atoms with Crippen molar-refractivity contribution in [3.05, 3.63) is 33.6 Å². The summed E-state index contributed by atoms with van der Waals surface area (Å²) in [6.07, 6.45) is 0.469. The van der Waals surface area contributed by atoms with Crippen molar-refractivity contribution in [2.75, 3.05) is 6.54 Å². The molecule has 0 radical (unpaired) electrons. The first-order valence-electron chi connectivity index (χ1n) is 4.17. The van der Waals surface area contributed by atoms with Crippen LogP contribution in [0.15, 0.2) is 12.1 Å². The molecule has 15 heavy (non-hydrogen) atoms. The molecule has 0 aliphatic heterocycles. The van der Waals surface area contributed by atoms with Gasteiger partial charge in [0.1, 0.15) is 5.82 Å². The molecule has 0 amide bonds. The molecule has 86 valence electrons. The van der Waals surface area contributed by atoms with Gasteiger partial charge in [0.2, 0.25) is 0 Å². The molecule has 2 nitrogen and oxygen atoms in total. The third-order valence-corrected chi connectivity index (χ3v) is 2.75. The lowest BCUT2D eigenvalue weighted by molar-refractivity contribution is 0.567. The van der Waals surface area contributed by atoms with E-state index in [-0.39, 0.29) is 23.0 Å². The minimum absolute atomic E-state index is 0. The molecule has 0 aliphatic rings. The maximum atomic E-state index is 13.3. The van der Waals surface area contributed by atoms with Gasteiger partial charge in [-0.1, -0.05) is 23.2 Å². The average molecular weight is 274 g/mol. The van der Waals surface area contributed by atoms with Crippen LogP contribution in [-0.4, -0.2) is 6.54 Å². The number of benzene rings is 1. The second kappa shape index (κ2) is 6.51. The first-order chi connectivity index (χ1) is 6.57. The lowest BCUT2D eigenvalue weighted by atomic mass is 10.0. The van der Waals surface area contributed by atoms with Crippen LogP contribution >= 0.6 is 35.6 Å². The summed E-state index contributed by atoms with van der Waals surface area (Å²) in [5.74, 6) is -0.444. The smallest absolute Gasteiger partial charge is 0.129 e. The molecule has 0 saturated heterocycles. The molecular formula is C9H12Cl3FN2. The standard InChI is InChI=1S/C9H11Cl2FN2.ClH/c10-5-1-2-6(12)8(9(5)11)7(14)3-4-13;/h1-2,7H,3-4,13-14H2;1H/t7-;/m1./s1. The highest BCUT2D eigenvalue weighted by Gasteiger charge is 2.16. The molecule has 6 heteroatoms. The Morgan fingerprint density at radius 1 is 1.33 bits per heavy atom. The van der Waals surface area contributed by atoms with Gasteiger partial charge < -0.3 is 11.5 Å². The zero-order valence-electron chi connectivity index (χ0n) is 7.84. The summed E-state index contributed by atoms with van der Waals surface area (Å²) < 4.78 is 13.3. The second-order valence-corrected chi connectivity index (χ2v) is 3.73. The average Bonchev–Trinajstić information content (AvgIpc) is 2.13. The van der Waals surface area contributed by atoms with E-state index in [0.29, 0.717) is 18.0 Å². The van der Waals surface area contributed by atoms with Crippen LogP contribution in [0.4, 0.5) is 4.39 Å². The van der Waals surface area contributed by atoms with Crippen molar-refractivity contribution in [1.82, 2.24) is 0 Å². The third-order valence-electron chi connectivity index (χ3n) is 1.93.